The van der Waals surface area contributed by atoms with Crippen LogP contribution in [0, 0.1) is 12.7 Å². The lowest BCUT2D eigenvalue weighted by atomic mass is 10.1. The van der Waals surface area contributed by atoms with Crippen LogP contribution in [0.15, 0.2) is 66.0 Å². The van der Waals surface area contributed by atoms with E-state index in [4.69, 9.17) is 0 Å². The molecule has 7 heteroatoms. The lowest BCUT2D eigenvalue weighted by Crippen LogP contribution is -2.15. The number of nitrogens with one attached hydrogen (secondary N) is 1. The minimum absolute atomic E-state index is 0.0784. The third kappa shape index (κ3) is 4.57. The second-order valence-electron chi connectivity index (χ2n) is 6.64. The second kappa shape index (κ2) is 8.36. The average molecular weight is 406 g/mol. The fourth-order valence-corrected chi connectivity index (χ4v) is 3.75. The van der Waals surface area contributed by atoms with E-state index in [1.165, 1.54) is 23.5 Å². The standard InChI is InChI=1S/C22H19FN4OS/c1-15-13-20(25-21(28)12-7-16-5-3-2-4-6-16)27(26-15)22-24-19(14-29-22)17-8-10-18(23)11-9-17/h2-6,8-11,13-14H,7,12H2,1H3,(H,25,28). The molecule has 2 aromatic carbocycles. The highest BCUT2D eigenvalue weighted by Gasteiger charge is 2.14. The zero-order valence-corrected chi connectivity index (χ0v) is 16.6. The van der Waals surface area contributed by atoms with Gasteiger partial charge in [0.25, 0.3) is 0 Å². The lowest BCUT2D eigenvalue weighted by molar-refractivity contribution is -0.116. The predicted molar refractivity (Wildman–Crippen MR) is 113 cm³/mol. The molecular formula is C22H19FN4OS. The zero-order valence-electron chi connectivity index (χ0n) is 15.8. The summed E-state index contributed by atoms with van der Waals surface area (Å²) in [7, 11) is 0. The Bertz CT molecular complexity index is 1120. The van der Waals surface area contributed by atoms with Gasteiger partial charge in [-0.1, -0.05) is 30.3 Å². The first-order valence-electron chi connectivity index (χ1n) is 9.21. The number of carbonyl (C=O) groups is 1. The SMILES string of the molecule is Cc1cc(NC(=O)CCc2ccccc2)n(-c2nc(-c3ccc(F)cc3)cs2)n1. The summed E-state index contributed by atoms with van der Waals surface area (Å²) < 4.78 is 14.8. The van der Waals surface area contributed by atoms with E-state index in [1.54, 1.807) is 16.8 Å². The van der Waals surface area contributed by atoms with Crippen molar-refractivity contribution in [2.24, 2.45) is 0 Å². The number of hydrogen-bond donors (Lipinski definition) is 1. The van der Waals surface area contributed by atoms with Gasteiger partial charge in [0, 0.05) is 23.4 Å². The van der Waals surface area contributed by atoms with Crippen molar-refractivity contribution in [3.8, 4) is 16.4 Å². The van der Waals surface area contributed by atoms with Gasteiger partial charge in [-0.3, -0.25) is 4.79 Å². The molecule has 0 fully saturated rings. The number of rotatable bonds is 6. The number of thiazole rings is 1. The fourth-order valence-electron chi connectivity index (χ4n) is 2.96. The molecule has 5 nitrogen and oxygen atoms in total. The van der Waals surface area contributed by atoms with Gasteiger partial charge in [0.05, 0.1) is 11.4 Å². The van der Waals surface area contributed by atoms with Crippen LogP contribution in [-0.2, 0) is 11.2 Å². The summed E-state index contributed by atoms with van der Waals surface area (Å²) in [5.74, 6) is 0.221. The lowest BCUT2D eigenvalue weighted by Gasteiger charge is -2.06. The summed E-state index contributed by atoms with van der Waals surface area (Å²) in [6.45, 7) is 1.87. The maximum Gasteiger partial charge on any atom is 0.225 e. The van der Waals surface area contributed by atoms with Crippen molar-refractivity contribution < 1.29 is 9.18 Å². The van der Waals surface area contributed by atoms with Crippen LogP contribution in [0.2, 0.25) is 0 Å². The maximum absolute atomic E-state index is 13.1. The Morgan fingerprint density at radius 1 is 1.14 bits per heavy atom. The summed E-state index contributed by atoms with van der Waals surface area (Å²) in [5.41, 5.74) is 3.46. The third-order valence-corrected chi connectivity index (χ3v) is 5.21. The van der Waals surface area contributed by atoms with Crippen LogP contribution in [-0.4, -0.2) is 20.7 Å². The van der Waals surface area contributed by atoms with Crippen LogP contribution in [0.5, 0.6) is 0 Å². The summed E-state index contributed by atoms with van der Waals surface area (Å²) in [5, 5.41) is 9.92. The first kappa shape index (κ1) is 19.0. The number of aromatic nitrogens is 3. The number of nitrogens with zero attached hydrogens (tertiary/aromatic N) is 3. The van der Waals surface area contributed by atoms with E-state index in [9.17, 15) is 9.18 Å². The maximum atomic E-state index is 13.1. The van der Waals surface area contributed by atoms with Crippen LogP contribution < -0.4 is 5.32 Å². The van der Waals surface area contributed by atoms with E-state index in [2.05, 4.69) is 15.4 Å². The Balaban J connectivity index is 1.49. The molecule has 0 saturated carbocycles. The monoisotopic (exact) mass is 406 g/mol. The quantitative estimate of drug-likeness (QED) is 0.489. The molecule has 0 unspecified atom stereocenters. The van der Waals surface area contributed by atoms with E-state index >= 15 is 0 Å². The first-order chi connectivity index (χ1) is 14.1. The molecule has 0 saturated heterocycles. The molecule has 0 aliphatic rings. The van der Waals surface area contributed by atoms with Gasteiger partial charge in [0.1, 0.15) is 11.6 Å². The van der Waals surface area contributed by atoms with Gasteiger partial charge >= 0.3 is 0 Å². The van der Waals surface area contributed by atoms with Gasteiger partial charge < -0.3 is 5.32 Å². The van der Waals surface area contributed by atoms with Crippen molar-refractivity contribution in [2.75, 3.05) is 5.32 Å². The van der Waals surface area contributed by atoms with E-state index < -0.39 is 0 Å². The average Bonchev–Trinajstić information content (AvgIpc) is 3.34. The van der Waals surface area contributed by atoms with Gasteiger partial charge in [-0.15, -0.1) is 11.3 Å². The Kier molecular flexibility index (Phi) is 5.48. The van der Waals surface area contributed by atoms with Crippen molar-refractivity contribution in [1.82, 2.24) is 14.8 Å². The Morgan fingerprint density at radius 2 is 1.90 bits per heavy atom. The zero-order chi connectivity index (χ0) is 20.2. The minimum atomic E-state index is -0.285. The Labute approximate surface area is 171 Å². The second-order valence-corrected chi connectivity index (χ2v) is 7.48. The summed E-state index contributed by atoms with van der Waals surface area (Å²) >= 11 is 1.41. The molecule has 146 valence electrons. The largest absolute Gasteiger partial charge is 0.310 e. The Morgan fingerprint density at radius 3 is 2.66 bits per heavy atom. The summed E-state index contributed by atoms with van der Waals surface area (Å²) in [6, 6.07) is 17.9. The van der Waals surface area contributed by atoms with Crippen molar-refractivity contribution in [3.05, 3.63) is 83.1 Å². The number of aryl methyl sites for hydroxylation is 2. The highest BCUT2D eigenvalue weighted by atomic mass is 32.1. The van der Waals surface area contributed by atoms with Gasteiger partial charge in [0.2, 0.25) is 11.0 Å². The molecule has 4 rings (SSSR count). The van der Waals surface area contributed by atoms with Crippen molar-refractivity contribution in [2.45, 2.75) is 19.8 Å². The van der Waals surface area contributed by atoms with Crippen molar-refractivity contribution >= 4 is 23.1 Å². The predicted octanol–water partition coefficient (Wildman–Crippen LogP) is 5.01. The van der Waals surface area contributed by atoms with Crippen LogP contribution in [0.3, 0.4) is 0 Å². The summed E-state index contributed by atoms with van der Waals surface area (Å²) in [4.78, 5) is 17.0. The normalized spacial score (nSPS) is 10.8. The third-order valence-electron chi connectivity index (χ3n) is 4.40. The van der Waals surface area contributed by atoms with Crippen molar-refractivity contribution in [1.29, 1.82) is 0 Å². The van der Waals surface area contributed by atoms with Crippen LogP contribution in [0.1, 0.15) is 17.7 Å². The topological polar surface area (TPSA) is 59.8 Å². The van der Waals surface area contributed by atoms with E-state index in [1.807, 2.05) is 48.7 Å². The number of carbonyl (C=O) groups excluding carboxylic acids is 1. The molecular weight excluding hydrogens is 387 g/mol. The first-order valence-corrected chi connectivity index (χ1v) is 10.1. The van der Waals surface area contributed by atoms with Gasteiger partial charge in [-0.05, 0) is 43.2 Å². The van der Waals surface area contributed by atoms with Crippen LogP contribution >= 0.6 is 11.3 Å². The molecule has 0 atom stereocenters. The molecule has 29 heavy (non-hydrogen) atoms. The number of anilines is 1. The molecule has 0 aliphatic carbocycles. The number of benzene rings is 2. The van der Waals surface area contributed by atoms with Crippen LogP contribution in [0.4, 0.5) is 10.2 Å². The Hall–Kier alpha value is -3.32. The molecule has 0 radical (unpaired) electrons. The highest BCUT2D eigenvalue weighted by Crippen LogP contribution is 2.26. The smallest absolute Gasteiger partial charge is 0.225 e. The number of halogens is 1. The minimum Gasteiger partial charge on any atom is -0.310 e. The number of amides is 1. The van der Waals surface area contributed by atoms with Crippen molar-refractivity contribution in [3.63, 3.8) is 0 Å². The van der Waals surface area contributed by atoms with Gasteiger partial charge in [-0.2, -0.15) is 9.78 Å². The molecule has 1 N–H and O–H groups in total. The molecule has 4 aromatic rings. The van der Waals surface area contributed by atoms with Crippen LogP contribution in [0.25, 0.3) is 16.4 Å². The molecule has 1 amide bonds. The van der Waals surface area contributed by atoms with E-state index in [-0.39, 0.29) is 11.7 Å². The molecule has 0 spiro atoms. The molecule has 2 heterocycles. The summed E-state index contributed by atoms with van der Waals surface area (Å²) in [6.07, 6.45) is 1.05. The number of hydrogen-bond acceptors (Lipinski definition) is 4. The highest BCUT2D eigenvalue weighted by molar-refractivity contribution is 7.12. The van der Waals surface area contributed by atoms with Gasteiger partial charge in [-0.25, -0.2) is 9.37 Å². The molecule has 0 bridgehead atoms. The van der Waals surface area contributed by atoms with E-state index in [0.29, 0.717) is 23.8 Å². The van der Waals surface area contributed by atoms with E-state index in [0.717, 1.165) is 22.5 Å². The molecule has 0 aliphatic heterocycles. The van der Waals surface area contributed by atoms with Gasteiger partial charge in [0.15, 0.2) is 0 Å². The fraction of sp³-hybridized carbons (Fsp3) is 0.136. The molecule has 2 aromatic heterocycles.